The first-order valence-electron chi connectivity index (χ1n) is 5.64. The highest BCUT2D eigenvalue weighted by Gasteiger charge is 2.05. The number of nitrogens with zero attached hydrogens (tertiary/aromatic N) is 3. The van der Waals surface area contributed by atoms with E-state index < -0.39 is 0 Å². The van der Waals surface area contributed by atoms with Gasteiger partial charge in [-0.05, 0) is 19.1 Å². The minimum atomic E-state index is 0.462. The Morgan fingerprint density at radius 1 is 1.11 bits per heavy atom. The Kier molecular flexibility index (Phi) is 4.54. The van der Waals surface area contributed by atoms with Crippen LogP contribution in [0.4, 0.5) is 5.95 Å². The summed E-state index contributed by atoms with van der Waals surface area (Å²) in [6, 6.07) is 8.59. The quantitative estimate of drug-likeness (QED) is 0.674. The number of anilines is 1. The van der Waals surface area contributed by atoms with Gasteiger partial charge in [-0.1, -0.05) is 29.5 Å². The summed E-state index contributed by atoms with van der Waals surface area (Å²) < 4.78 is 1.81. The number of nitrogen functional groups attached to an aromatic ring is 1. The van der Waals surface area contributed by atoms with Gasteiger partial charge in [0.05, 0.1) is 0 Å². The van der Waals surface area contributed by atoms with Crippen LogP contribution in [0.1, 0.15) is 5.56 Å². The fourth-order valence-electron chi connectivity index (χ4n) is 1.38. The van der Waals surface area contributed by atoms with Crippen LogP contribution in [0.25, 0.3) is 0 Å². The summed E-state index contributed by atoms with van der Waals surface area (Å²) >= 11 is 3.53. The van der Waals surface area contributed by atoms with Crippen LogP contribution in [0.15, 0.2) is 34.3 Å². The predicted octanol–water partition coefficient (Wildman–Crippen LogP) is 2.59. The fourth-order valence-corrected chi connectivity index (χ4v) is 3.18. The predicted molar refractivity (Wildman–Crippen MR) is 78.0 cm³/mol. The van der Waals surface area contributed by atoms with E-state index in [2.05, 4.69) is 41.4 Å². The average Bonchev–Trinajstić information content (AvgIpc) is 2.68. The molecular weight excluding hydrogens is 264 g/mol. The summed E-state index contributed by atoms with van der Waals surface area (Å²) in [5.74, 6) is 2.49. The zero-order valence-corrected chi connectivity index (χ0v) is 12.1. The average molecular weight is 280 g/mol. The third-order valence-electron chi connectivity index (χ3n) is 2.47. The van der Waals surface area contributed by atoms with Crippen LogP contribution < -0.4 is 5.73 Å². The van der Waals surface area contributed by atoms with Gasteiger partial charge in [-0.15, -0.1) is 22.0 Å². The van der Waals surface area contributed by atoms with E-state index in [4.69, 9.17) is 5.73 Å². The molecule has 0 aliphatic carbocycles. The molecule has 2 N–H and O–H groups in total. The highest BCUT2D eigenvalue weighted by molar-refractivity contribution is 8.02. The van der Waals surface area contributed by atoms with Crippen LogP contribution in [-0.2, 0) is 7.05 Å². The van der Waals surface area contributed by atoms with Crippen molar-refractivity contribution in [2.45, 2.75) is 17.0 Å². The van der Waals surface area contributed by atoms with Gasteiger partial charge < -0.3 is 5.73 Å². The SMILES string of the molecule is Cc1ccc(SCCSc2nnc(N)n2C)cc1. The first-order valence-corrected chi connectivity index (χ1v) is 7.61. The van der Waals surface area contributed by atoms with Gasteiger partial charge in [-0.2, -0.15) is 0 Å². The first kappa shape index (κ1) is 13.3. The van der Waals surface area contributed by atoms with E-state index in [1.807, 2.05) is 18.8 Å². The lowest BCUT2D eigenvalue weighted by Gasteiger charge is -2.02. The van der Waals surface area contributed by atoms with Crippen LogP contribution in [-0.4, -0.2) is 26.3 Å². The molecule has 6 heteroatoms. The van der Waals surface area contributed by atoms with E-state index in [-0.39, 0.29) is 0 Å². The number of hydrogen-bond donors (Lipinski definition) is 1. The maximum absolute atomic E-state index is 5.62. The van der Waals surface area contributed by atoms with Crippen LogP contribution >= 0.6 is 23.5 Å². The summed E-state index contributed by atoms with van der Waals surface area (Å²) in [6.45, 7) is 2.10. The van der Waals surface area contributed by atoms with Crippen molar-refractivity contribution >= 4 is 29.5 Å². The topological polar surface area (TPSA) is 56.7 Å². The number of benzene rings is 1. The molecule has 0 saturated carbocycles. The van der Waals surface area contributed by atoms with Crippen molar-refractivity contribution in [2.75, 3.05) is 17.2 Å². The molecule has 1 heterocycles. The smallest absolute Gasteiger partial charge is 0.222 e. The second-order valence-corrected chi connectivity index (χ2v) is 6.14. The molecule has 1 aromatic carbocycles. The largest absolute Gasteiger partial charge is 0.368 e. The van der Waals surface area contributed by atoms with Crippen LogP contribution in [0.5, 0.6) is 0 Å². The molecule has 1 aromatic heterocycles. The fraction of sp³-hybridized carbons (Fsp3) is 0.333. The number of nitrogens with two attached hydrogens (primary N) is 1. The Morgan fingerprint density at radius 3 is 2.39 bits per heavy atom. The van der Waals surface area contributed by atoms with Crippen LogP contribution in [0.3, 0.4) is 0 Å². The van der Waals surface area contributed by atoms with E-state index in [1.54, 1.807) is 16.3 Å². The zero-order chi connectivity index (χ0) is 13.0. The molecule has 0 unspecified atom stereocenters. The lowest BCUT2D eigenvalue weighted by Crippen LogP contribution is -1.98. The van der Waals surface area contributed by atoms with Gasteiger partial charge in [0.25, 0.3) is 0 Å². The van der Waals surface area contributed by atoms with Crippen molar-refractivity contribution in [3.8, 4) is 0 Å². The number of aryl methyl sites for hydroxylation is 1. The van der Waals surface area contributed by atoms with Gasteiger partial charge in [0.1, 0.15) is 0 Å². The highest BCUT2D eigenvalue weighted by Crippen LogP contribution is 2.22. The minimum Gasteiger partial charge on any atom is -0.368 e. The van der Waals surface area contributed by atoms with Gasteiger partial charge in [0, 0.05) is 23.4 Å². The van der Waals surface area contributed by atoms with E-state index in [1.165, 1.54) is 10.5 Å². The van der Waals surface area contributed by atoms with E-state index >= 15 is 0 Å². The molecule has 0 aliphatic rings. The Labute approximate surface area is 115 Å². The number of aromatic nitrogens is 3. The zero-order valence-electron chi connectivity index (χ0n) is 10.5. The van der Waals surface area contributed by atoms with Crippen molar-refractivity contribution in [3.63, 3.8) is 0 Å². The number of rotatable bonds is 5. The lowest BCUT2D eigenvalue weighted by molar-refractivity contribution is 0.796. The van der Waals surface area contributed by atoms with E-state index in [9.17, 15) is 0 Å². The van der Waals surface area contributed by atoms with Crippen molar-refractivity contribution in [2.24, 2.45) is 7.05 Å². The Balaban J connectivity index is 1.76. The standard InChI is InChI=1S/C12H16N4S2/c1-9-3-5-10(6-4-9)17-7-8-18-12-15-14-11(13)16(12)2/h3-6H,7-8H2,1-2H3,(H2,13,14). The second kappa shape index (κ2) is 6.15. The molecular formula is C12H16N4S2. The summed E-state index contributed by atoms with van der Waals surface area (Å²) in [5, 5.41) is 8.71. The maximum Gasteiger partial charge on any atom is 0.222 e. The molecule has 4 nitrogen and oxygen atoms in total. The monoisotopic (exact) mass is 280 g/mol. The molecule has 96 valence electrons. The summed E-state index contributed by atoms with van der Waals surface area (Å²) in [7, 11) is 1.88. The summed E-state index contributed by atoms with van der Waals surface area (Å²) in [4.78, 5) is 1.30. The van der Waals surface area contributed by atoms with Crippen LogP contribution in [0, 0.1) is 6.92 Å². The van der Waals surface area contributed by atoms with Gasteiger partial charge in [0.15, 0.2) is 5.16 Å². The molecule has 0 spiro atoms. The third-order valence-corrected chi connectivity index (χ3v) is 4.77. The Hall–Kier alpha value is -1.14. The molecule has 18 heavy (non-hydrogen) atoms. The third kappa shape index (κ3) is 3.43. The van der Waals surface area contributed by atoms with Gasteiger partial charge in [-0.25, -0.2) is 0 Å². The number of thioether (sulfide) groups is 2. The van der Waals surface area contributed by atoms with Crippen molar-refractivity contribution in [3.05, 3.63) is 29.8 Å². The minimum absolute atomic E-state index is 0.462. The highest BCUT2D eigenvalue weighted by atomic mass is 32.2. The molecule has 2 rings (SSSR count). The van der Waals surface area contributed by atoms with E-state index in [0.717, 1.165) is 16.7 Å². The molecule has 0 fully saturated rings. The second-order valence-electron chi connectivity index (χ2n) is 3.91. The molecule has 0 aliphatic heterocycles. The first-order chi connectivity index (χ1) is 8.66. The lowest BCUT2D eigenvalue weighted by atomic mass is 10.2. The molecule has 0 bridgehead atoms. The Morgan fingerprint density at radius 2 is 1.78 bits per heavy atom. The summed E-state index contributed by atoms with van der Waals surface area (Å²) in [6.07, 6.45) is 0. The van der Waals surface area contributed by atoms with Gasteiger partial charge in [-0.3, -0.25) is 4.57 Å². The Bertz CT molecular complexity index is 507. The number of hydrogen-bond acceptors (Lipinski definition) is 5. The molecule has 0 amide bonds. The molecule has 0 radical (unpaired) electrons. The van der Waals surface area contributed by atoms with Crippen molar-refractivity contribution in [1.29, 1.82) is 0 Å². The van der Waals surface area contributed by atoms with E-state index in [0.29, 0.717) is 5.95 Å². The van der Waals surface area contributed by atoms with Crippen LogP contribution in [0.2, 0.25) is 0 Å². The van der Waals surface area contributed by atoms with Crippen molar-refractivity contribution in [1.82, 2.24) is 14.8 Å². The van der Waals surface area contributed by atoms with Crippen molar-refractivity contribution < 1.29 is 0 Å². The molecule has 0 atom stereocenters. The van der Waals surface area contributed by atoms with Gasteiger partial charge >= 0.3 is 0 Å². The maximum atomic E-state index is 5.62. The summed E-state index contributed by atoms with van der Waals surface area (Å²) in [5.41, 5.74) is 6.92. The van der Waals surface area contributed by atoms with Gasteiger partial charge in [0.2, 0.25) is 5.95 Å². The molecule has 2 aromatic rings. The normalized spacial score (nSPS) is 10.8. The molecule has 0 saturated heterocycles.